The molecular weight excluding hydrogens is 370 g/mol. The van der Waals surface area contributed by atoms with Crippen molar-refractivity contribution in [2.75, 3.05) is 0 Å². The third-order valence-electron chi connectivity index (χ3n) is 5.40. The van der Waals surface area contributed by atoms with Gasteiger partial charge in [0.05, 0.1) is 4.92 Å². The van der Waals surface area contributed by atoms with Crippen molar-refractivity contribution in [1.29, 1.82) is 0 Å². The minimum atomic E-state index is -0.728. The largest absolute Gasteiger partial charge is 0.352 e. The van der Waals surface area contributed by atoms with Crippen LogP contribution in [0.15, 0.2) is 54.6 Å². The van der Waals surface area contributed by atoms with E-state index in [2.05, 4.69) is 34.9 Å². The van der Waals surface area contributed by atoms with Crippen LogP contribution in [0, 0.1) is 10.1 Å². The summed E-state index contributed by atoms with van der Waals surface area (Å²) in [5.74, 6) is -0.230. The summed E-state index contributed by atoms with van der Waals surface area (Å²) in [4.78, 5) is 35.1. The van der Waals surface area contributed by atoms with E-state index in [4.69, 9.17) is 0 Å². The lowest BCUT2D eigenvalue weighted by Gasteiger charge is -2.30. The summed E-state index contributed by atoms with van der Waals surface area (Å²) < 4.78 is 0. The fraction of sp³-hybridized carbons (Fsp3) is 0.364. The predicted octanol–water partition coefficient (Wildman–Crippen LogP) is 3.56. The minimum Gasteiger partial charge on any atom is -0.352 e. The third kappa shape index (κ3) is 5.40. The van der Waals surface area contributed by atoms with E-state index >= 15 is 0 Å². The average molecular weight is 395 g/mol. The quantitative estimate of drug-likeness (QED) is 0.577. The fourth-order valence-electron chi connectivity index (χ4n) is 3.73. The summed E-state index contributed by atoms with van der Waals surface area (Å²) >= 11 is 0. The summed E-state index contributed by atoms with van der Waals surface area (Å²) in [5.41, 5.74) is 1.34. The van der Waals surface area contributed by atoms with E-state index in [-0.39, 0.29) is 23.2 Å². The average Bonchev–Trinajstić information content (AvgIpc) is 2.75. The highest BCUT2D eigenvalue weighted by atomic mass is 16.6. The van der Waals surface area contributed by atoms with Gasteiger partial charge in [0.2, 0.25) is 5.91 Å². The molecule has 0 aromatic heterocycles. The van der Waals surface area contributed by atoms with E-state index in [0.717, 1.165) is 25.7 Å². The molecule has 0 aliphatic heterocycles. The molecule has 1 unspecified atom stereocenters. The summed E-state index contributed by atoms with van der Waals surface area (Å²) in [6.45, 7) is 1.61. The highest BCUT2D eigenvalue weighted by molar-refractivity contribution is 5.97. The van der Waals surface area contributed by atoms with Crippen LogP contribution in [-0.4, -0.2) is 28.8 Å². The maximum atomic E-state index is 12.5. The second kappa shape index (κ2) is 9.32. The molecule has 152 valence electrons. The van der Waals surface area contributed by atoms with Crippen LogP contribution in [0.5, 0.6) is 0 Å². The van der Waals surface area contributed by atoms with Crippen LogP contribution < -0.4 is 10.6 Å². The Morgan fingerprint density at radius 3 is 2.38 bits per heavy atom. The summed E-state index contributed by atoms with van der Waals surface area (Å²) in [7, 11) is 0. The number of hydrogen-bond donors (Lipinski definition) is 2. The van der Waals surface area contributed by atoms with Gasteiger partial charge >= 0.3 is 0 Å². The van der Waals surface area contributed by atoms with Crippen LogP contribution in [-0.2, 0) is 4.79 Å². The van der Waals surface area contributed by atoms with Gasteiger partial charge in [0.25, 0.3) is 11.6 Å². The number of nitrogens with zero attached hydrogens (tertiary/aromatic N) is 1. The Morgan fingerprint density at radius 1 is 1.03 bits per heavy atom. The standard InChI is InChI=1S/C22H25N3O4/c1-15(23-22(27)18-8-5-9-20(14-18)25(28)29)21(26)24-19-12-10-17(11-13-19)16-6-3-2-4-7-16/h2-9,14-15,17,19H,10-13H2,1H3,(H,23,27)(H,24,26). The molecule has 2 aromatic rings. The molecule has 3 rings (SSSR count). The number of hydrogen-bond acceptors (Lipinski definition) is 4. The predicted molar refractivity (Wildman–Crippen MR) is 110 cm³/mol. The van der Waals surface area contributed by atoms with Gasteiger partial charge in [-0.05, 0) is 50.2 Å². The molecule has 0 heterocycles. The zero-order chi connectivity index (χ0) is 20.8. The Kier molecular flexibility index (Phi) is 6.59. The molecule has 1 saturated carbocycles. The highest BCUT2D eigenvalue weighted by Gasteiger charge is 2.25. The van der Waals surface area contributed by atoms with Gasteiger partial charge in [0.1, 0.15) is 6.04 Å². The lowest BCUT2D eigenvalue weighted by molar-refractivity contribution is -0.384. The molecule has 7 nitrogen and oxygen atoms in total. The van der Waals surface area contributed by atoms with Crippen LogP contribution in [0.3, 0.4) is 0 Å². The number of carbonyl (C=O) groups is 2. The molecule has 7 heteroatoms. The van der Waals surface area contributed by atoms with Gasteiger partial charge < -0.3 is 10.6 Å². The van der Waals surface area contributed by atoms with Crippen LogP contribution in [0.25, 0.3) is 0 Å². The Balaban J connectivity index is 1.49. The summed E-state index contributed by atoms with van der Waals surface area (Å²) in [5, 5.41) is 16.5. The van der Waals surface area contributed by atoms with Crippen molar-refractivity contribution in [3.05, 3.63) is 75.8 Å². The van der Waals surface area contributed by atoms with Crippen molar-refractivity contribution in [2.24, 2.45) is 0 Å². The maximum Gasteiger partial charge on any atom is 0.270 e. The normalized spacial score (nSPS) is 19.8. The Morgan fingerprint density at radius 2 is 1.72 bits per heavy atom. The maximum absolute atomic E-state index is 12.5. The molecule has 2 amide bonds. The molecule has 29 heavy (non-hydrogen) atoms. The number of carbonyl (C=O) groups excluding carboxylic acids is 2. The van der Waals surface area contributed by atoms with Gasteiger partial charge in [0, 0.05) is 23.7 Å². The Hall–Kier alpha value is -3.22. The van der Waals surface area contributed by atoms with Crippen molar-refractivity contribution in [1.82, 2.24) is 10.6 Å². The Labute approximate surface area is 169 Å². The van der Waals surface area contributed by atoms with Gasteiger partial charge in [-0.3, -0.25) is 19.7 Å². The van der Waals surface area contributed by atoms with E-state index in [1.807, 2.05) is 6.07 Å². The van der Waals surface area contributed by atoms with Crippen LogP contribution in [0.4, 0.5) is 5.69 Å². The number of nitro groups is 1. The number of non-ortho nitro benzene ring substituents is 1. The van der Waals surface area contributed by atoms with Gasteiger partial charge in [-0.1, -0.05) is 36.4 Å². The molecule has 0 bridgehead atoms. The number of benzene rings is 2. The Bertz CT molecular complexity index is 877. The lowest BCUT2D eigenvalue weighted by Crippen LogP contribution is -2.48. The topological polar surface area (TPSA) is 101 Å². The summed E-state index contributed by atoms with van der Waals surface area (Å²) in [6.07, 6.45) is 3.83. The molecule has 1 aliphatic rings. The number of nitrogens with one attached hydrogen (secondary N) is 2. The van der Waals surface area contributed by atoms with E-state index in [1.165, 1.54) is 29.8 Å². The van der Waals surface area contributed by atoms with E-state index in [0.29, 0.717) is 5.92 Å². The lowest BCUT2D eigenvalue weighted by atomic mass is 9.82. The van der Waals surface area contributed by atoms with Crippen LogP contribution in [0.1, 0.15) is 54.4 Å². The van der Waals surface area contributed by atoms with Crippen molar-refractivity contribution in [3.63, 3.8) is 0 Å². The fourth-order valence-corrected chi connectivity index (χ4v) is 3.73. The third-order valence-corrected chi connectivity index (χ3v) is 5.40. The first-order valence-corrected chi connectivity index (χ1v) is 9.84. The van der Waals surface area contributed by atoms with Gasteiger partial charge in [-0.2, -0.15) is 0 Å². The van der Waals surface area contributed by atoms with Gasteiger partial charge in [-0.15, -0.1) is 0 Å². The van der Waals surface area contributed by atoms with Crippen molar-refractivity contribution >= 4 is 17.5 Å². The van der Waals surface area contributed by atoms with Crippen molar-refractivity contribution in [3.8, 4) is 0 Å². The number of rotatable bonds is 6. The molecule has 0 saturated heterocycles. The van der Waals surface area contributed by atoms with Gasteiger partial charge in [-0.25, -0.2) is 0 Å². The molecule has 1 aliphatic carbocycles. The van der Waals surface area contributed by atoms with Crippen LogP contribution in [0.2, 0.25) is 0 Å². The molecule has 2 N–H and O–H groups in total. The molecule has 0 spiro atoms. The molecule has 1 atom stereocenters. The highest BCUT2D eigenvalue weighted by Crippen LogP contribution is 2.32. The van der Waals surface area contributed by atoms with Crippen molar-refractivity contribution in [2.45, 2.75) is 50.6 Å². The molecule has 2 aromatic carbocycles. The minimum absolute atomic E-state index is 0.0969. The number of amides is 2. The zero-order valence-electron chi connectivity index (χ0n) is 16.3. The van der Waals surface area contributed by atoms with Gasteiger partial charge in [0.15, 0.2) is 0 Å². The second-order valence-electron chi connectivity index (χ2n) is 7.47. The summed E-state index contributed by atoms with van der Waals surface area (Å²) in [6, 6.07) is 15.2. The SMILES string of the molecule is CC(NC(=O)c1cccc([N+](=O)[O-])c1)C(=O)NC1CCC(c2ccccc2)CC1. The molecule has 0 radical (unpaired) electrons. The monoisotopic (exact) mass is 395 g/mol. The van der Waals surface area contributed by atoms with Crippen molar-refractivity contribution < 1.29 is 14.5 Å². The van der Waals surface area contributed by atoms with Crippen LogP contribution >= 0.6 is 0 Å². The zero-order valence-corrected chi connectivity index (χ0v) is 16.3. The smallest absolute Gasteiger partial charge is 0.270 e. The first-order chi connectivity index (χ1) is 13.9. The molecular formula is C22H25N3O4. The van der Waals surface area contributed by atoms with E-state index < -0.39 is 16.9 Å². The number of nitro benzene ring substituents is 1. The first-order valence-electron chi connectivity index (χ1n) is 9.84. The van der Waals surface area contributed by atoms with E-state index in [9.17, 15) is 19.7 Å². The van der Waals surface area contributed by atoms with E-state index in [1.54, 1.807) is 6.92 Å². The second-order valence-corrected chi connectivity index (χ2v) is 7.47. The first kappa shape index (κ1) is 20.5. The molecule has 1 fully saturated rings.